The van der Waals surface area contributed by atoms with E-state index in [-0.39, 0.29) is 17.6 Å². The third kappa shape index (κ3) is 3.39. The second-order valence-electron chi connectivity index (χ2n) is 7.40. The molecule has 0 unspecified atom stereocenters. The van der Waals surface area contributed by atoms with Crippen molar-refractivity contribution in [1.82, 2.24) is 29.3 Å². The van der Waals surface area contributed by atoms with Gasteiger partial charge in [0.05, 0.1) is 6.26 Å². The van der Waals surface area contributed by atoms with Crippen LogP contribution in [-0.4, -0.2) is 63.1 Å². The number of nitrogens with zero attached hydrogens (tertiary/aromatic N) is 6. The molecule has 2 aromatic heterocycles. The van der Waals surface area contributed by atoms with Gasteiger partial charge in [-0.25, -0.2) is 31.8 Å². The summed E-state index contributed by atoms with van der Waals surface area (Å²) in [6, 6.07) is 1.44. The van der Waals surface area contributed by atoms with Gasteiger partial charge in [0.1, 0.15) is 11.0 Å². The molecule has 0 aliphatic carbocycles. The number of benzene rings is 1. The molecular formula is C17H22FN7O2S. The van der Waals surface area contributed by atoms with Crippen LogP contribution in [0.5, 0.6) is 0 Å². The van der Waals surface area contributed by atoms with Crippen LogP contribution in [0.3, 0.4) is 0 Å². The molecule has 0 saturated carbocycles. The van der Waals surface area contributed by atoms with Gasteiger partial charge in [0.25, 0.3) is 0 Å². The van der Waals surface area contributed by atoms with E-state index in [0.29, 0.717) is 48.3 Å². The highest BCUT2D eigenvalue weighted by atomic mass is 32.2. The molecule has 0 atom stereocenters. The second kappa shape index (κ2) is 6.89. The monoisotopic (exact) mass is 407 g/mol. The second-order valence-corrected chi connectivity index (χ2v) is 9.38. The Hall–Kier alpha value is -2.40. The summed E-state index contributed by atoms with van der Waals surface area (Å²) in [7, 11) is -3.16. The van der Waals surface area contributed by atoms with Crippen molar-refractivity contribution in [3.05, 3.63) is 18.1 Å². The van der Waals surface area contributed by atoms with Crippen molar-refractivity contribution in [2.45, 2.75) is 38.8 Å². The number of sulfonamides is 1. The highest BCUT2D eigenvalue weighted by Gasteiger charge is 2.25. The maximum Gasteiger partial charge on any atom is 0.223 e. The minimum Gasteiger partial charge on any atom is -0.351 e. The molecule has 1 fully saturated rings. The summed E-state index contributed by atoms with van der Waals surface area (Å²) < 4.78 is 40.8. The minimum absolute atomic E-state index is 0.00157. The van der Waals surface area contributed by atoms with Crippen molar-refractivity contribution < 1.29 is 12.8 Å². The molecule has 0 radical (unpaired) electrons. The molecule has 0 bridgehead atoms. The van der Waals surface area contributed by atoms with Crippen molar-refractivity contribution in [2.24, 2.45) is 0 Å². The van der Waals surface area contributed by atoms with Crippen molar-refractivity contribution in [3.8, 4) is 0 Å². The van der Waals surface area contributed by atoms with Crippen molar-refractivity contribution in [1.29, 1.82) is 0 Å². The van der Waals surface area contributed by atoms with Crippen molar-refractivity contribution >= 4 is 37.9 Å². The molecule has 4 rings (SSSR count). The van der Waals surface area contributed by atoms with Crippen LogP contribution in [0.4, 0.5) is 10.3 Å². The molecule has 9 nitrogen and oxygen atoms in total. The van der Waals surface area contributed by atoms with Gasteiger partial charge in [-0.1, -0.05) is 5.21 Å². The number of halogens is 1. The summed E-state index contributed by atoms with van der Waals surface area (Å²) in [5.41, 5.74) is 1.32. The van der Waals surface area contributed by atoms with Crippen LogP contribution in [0.1, 0.15) is 32.7 Å². The molecule has 11 heteroatoms. The van der Waals surface area contributed by atoms with Crippen LogP contribution in [-0.2, 0) is 10.0 Å². The van der Waals surface area contributed by atoms with Gasteiger partial charge < -0.3 is 5.32 Å². The lowest BCUT2D eigenvalue weighted by Gasteiger charge is -2.30. The fourth-order valence-electron chi connectivity index (χ4n) is 3.51. The maximum absolute atomic E-state index is 14.4. The Labute approximate surface area is 162 Å². The Bertz CT molecular complexity index is 1140. The zero-order chi connectivity index (χ0) is 20.1. The van der Waals surface area contributed by atoms with Crippen molar-refractivity contribution in [3.63, 3.8) is 0 Å². The summed E-state index contributed by atoms with van der Waals surface area (Å²) in [6.45, 7) is 4.81. The third-order valence-electron chi connectivity index (χ3n) is 4.99. The molecule has 1 N–H and O–H groups in total. The summed E-state index contributed by atoms with van der Waals surface area (Å²) in [4.78, 5) is 8.90. The van der Waals surface area contributed by atoms with Gasteiger partial charge in [-0.05, 0) is 32.8 Å². The van der Waals surface area contributed by atoms with Crippen LogP contribution < -0.4 is 5.32 Å². The maximum atomic E-state index is 14.4. The van der Waals surface area contributed by atoms with Crippen LogP contribution in [0, 0.1) is 5.82 Å². The summed E-state index contributed by atoms with van der Waals surface area (Å²) in [5.74, 6) is -0.0263. The van der Waals surface area contributed by atoms with E-state index in [1.807, 2.05) is 13.8 Å². The van der Waals surface area contributed by atoms with E-state index in [1.54, 1.807) is 10.9 Å². The lowest BCUT2D eigenvalue weighted by atomic mass is 10.1. The molecule has 3 heterocycles. The predicted molar refractivity (Wildman–Crippen MR) is 104 cm³/mol. The molecular weight excluding hydrogens is 385 g/mol. The van der Waals surface area contributed by atoms with Crippen LogP contribution in [0.15, 0.2) is 12.3 Å². The Kier molecular flexibility index (Phi) is 4.66. The smallest absolute Gasteiger partial charge is 0.223 e. The zero-order valence-corrected chi connectivity index (χ0v) is 16.7. The number of fused-ring (bicyclic) bond motifs is 3. The molecule has 0 amide bonds. The molecule has 3 aromatic rings. The van der Waals surface area contributed by atoms with Gasteiger partial charge in [-0.2, -0.15) is 0 Å². The van der Waals surface area contributed by atoms with E-state index >= 15 is 0 Å². The SMILES string of the molecule is CC(C)n1nnc2c(F)cc3cnc(NC4CCN(S(C)(=O)=O)CC4)nc3c21. The Morgan fingerprint density at radius 1 is 1.25 bits per heavy atom. The lowest BCUT2D eigenvalue weighted by Crippen LogP contribution is -2.42. The Morgan fingerprint density at radius 3 is 2.61 bits per heavy atom. The average molecular weight is 407 g/mol. The predicted octanol–water partition coefficient (Wildman–Crippen LogP) is 1.93. The zero-order valence-electron chi connectivity index (χ0n) is 15.9. The van der Waals surface area contributed by atoms with E-state index in [9.17, 15) is 12.8 Å². The van der Waals surface area contributed by atoms with E-state index in [4.69, 9.17) is 0 Å². The van der Waals surface area contributed by atoms with E-state index in [0.717, 1.165) is 0 Å². The number of anilines is 1. The van der Waals surface area contributed by atoms with E-state index < -0.39 is 15.8 Å². The van der Waals surface area contributed by atoms with Gasteiger partial charge in [0.2, 0.25) is 16.0 Å². The molecule has 0 spiro atoms. The number of nitrogens with one attached hydrogen (secondary N) is 1. The fourth-order valence-corrected chi connectivity index (χ4v) is 4.39. The summed E-state index contributed by atoms with van der Waals surface area (Å²) in [5, 5.41) is 11.9. The standard InChI is InChI=1S/C17H22FN7O2S/c1-10(2)25-16-14-11(8-13(18)15(16)22-23-25)9-19-17(21-14)20-12-4-6-24(7-5-12)28(3,26)27/h8-10,12H,4-7H2,1-3H3,(H,19,20,21). The number of rotatable bonds is 4. The van der Waals surface area contributed by atoms with Gasteiger partial charge in [-0.15, -0.1) is 5.10 Å². The first-order valence-electron chi connectivity index (χ1n) is 9.16. The van der Waals surface area contributed by atoms with Crippen LogP contribution >= 0.6 is 0 Å². The summed E-state index contributed by atoms with van der Waals surface area (Å²) in [6.07, 6.45) is 4.14. The molecule has 28 heavy (non-hydrogen) atoms. The largest absolute Gasteiger partial charge is 0.351 e. The number of hydrogen-bond donors (Lipinski definition) is 1. The number of hydrogen-bond acceptors (Lipinski definition) is 7. The van der Waals surface area contributed by atoms with Gasteiger partial charge in [0.15, 0.2) is 11.3 Å². The lowest BCUT2D eigenvalue weighted by molar-refractivity contribution is 0.331. The first kappa shape index (κ1) is 18.9. The molecule has 1 aliphatic heterocycles. The Morgan fingerprint density at radius 2 is 1.96 bits per heavy atom. The first-order chi connectivity index (χ1) is 13.2. The van der Waals surface area contributed by atoms with Crippen LogP contribution in [0.2, 0.25) is 0 Å². The third-order valence-corrected chi connectivity index (χ3v) is 6.29. The van der Waals surface area contributed by atoms with Crippen molar-refractivity contribution in [2.75, 3.05) is 24.7 Å². The first-order valence-corrected chi connectivity index (χ1v) is 11.0. The number of piperidine rings is 1. The van der Waals surface area contributed by atoms with Gasteiger partial charge in [0, 0.05) is 36.8 Å². The molecule has 150 valence electrons. The van der Waals surface area contributed by atoms with Crippen LogP contribution in [0.25, 0.3) is 21.9 Å². The minimum atomic E-state index is -3.16. The quantitative estimate of drug-likeness (QED) is 0.704. The molecule has 1 aliphatic rings. The Balaban J connectivity index is 1.65. The van der Waals surface area contributed by atoms with Gasteiger partial charge in [-0.3, -0.25) is 0 Å². The average Bonchev–Trinajstić information content (AvgIpc) is 3.08. The topological polar surface area (TPSA) is 106 Å². The highest BCUT2D eigenvalue weighted by Crippen LogP contribution is 2.27. The number of aromatic nitrogens is 5. The highest BCUT2D eigenvalue weighted by molar-refractivity contribution is 7.88. The molecule has 1 aromatic carbocycles. The normalized spacial score (nSPS) is 17.0. The van der Waals surface area contributed by atoms with E-state index in [2.05, 4.69) is 25.6 Å². The fraction of sp³-hybridized carbons (Fsp3) is 0.529. The molecule has 1 saturated heterocycles. The summed E-state index contributed by atoms with van der Waals surface area (Å²) >= 11 is 0. The van der Waals surface area contributed by atoms with Gasteiger partial charge >= 0.3 is 0 Å². The van der Waals surface area contributed by atoms with E-state index in [1.165, 1.54) is 16.6 Å².